The van der Waals surface area contributed by atoms with Crippen molar-refractivity contribution in [2.45, 2.75) is 64.9 Å². The van der Waals surface area contributed by atoms with Crippen LogP contribution in [-0.2, 0) is 5.60 Å². The van der Waals surface area contributed by atoms with Crippen LogP contribution in [0.1, 0.15) is 70.4 Å². The first-order chi connectivity index (χ1) is 8.05. The zero-order chi connectivity index (χ0) is 12.9. The highest BCUT2D eigenvalue weighted by Gasteiger charge is 2.29. The van der Waals surface area contributed by atoms with Gasteiger partial charge in [0.15, 0.2) is 0 Å². The molecule has 0 unspecified atom stereocenters. The molecule has 0 heterocycles. The van der Waals surface area contributed by atoms with E-state index >= 15 is 0 Å². The van der Waals surface area contributed by atoms with Crippen molar-refractivity contribution in [2.24, 2.45) is 0 Å². The van der Waals surface area contributed by atoms with Gasteiger partial charge in [-0.1, -0.05) is 64.8 Å². The molecule has 0 amide bonds. The lowest BCUT2D eigenvalue weighted by Crippen LogP contribution is -2.27. The first-order valence-electron chi connectivity index (χ1n) is 6.87. The molecule has 0 aliphatic carbocycles. The van der Waals surface area contributed by atoms with Crippen molar-refractivity contribution in [1.82, 2.24) is 0 Å². The van der Waals surface area contributed by atoms with E-state index in [1.807, 2.05) is 6.07 Å². The van der Waals surface area contributed by atoms with Gasteiger partial charge in [-0.15, -0.1) is 0 Å². The Hall–Kier alpha value is -0.820. The molecule has 0 radical (unpaired) electrons. The Morgan fingerprint density at radius 1 is 1.06 bits per heavy atom. The summed E-state index contributed by atoms with van der Waals surface area (Å²) in [7, 11) is 0. The third-order valence-corrected chi connectivity index (χ3v) is 3.41. The van der Waals surface area contributed by atoms with Crippen molar-refractivity contribution in [2.75, 3.05) is 0 Å². The van der Waals surface area contributed by atoms with Crippen molar-refractivity contribution in [3.8, 4) is 0 Å². The predicted octanol–water partition coefficient (Wildman–Crippen LogP) is 4.60. The average molecular weight is 234 g/mol. The Morgan fingerprint density at radius 2 is 1.59 bits per heavy atom. The van der Waals surface area contributed by atoms with Crippen LogP contribution >= 0.6 is 0 Å². The first kappa shape index (κ1) is 14.2. The van der Waals surface area contributed by atoms with E-state index in [4.69, 9.17) is 0 Å². The topological polar surface area (TPSA) is 20.2 Å². The van der Waals surface area contributed by atoms with E-state index in [0.717, 1.165) is 31.2 Å². The average Bonchev–Trinajstić information content (AvgIpc) is 2.29. The Bertz CT molecular complexity index is 335. The summed E-state index contributed by atoms with van der Waals surface area (Å²) in [5.41, 5.74) is 1.79. The van der Waals surface area contributed by atoms with Crippen LogP contribution in [0.4, 0.5) is 0 Å². The second-order valence-corrected chi connectivity index (χ2v) is 5.27. The van der Waals surface area contributed by atoms with Crippen molar-refractivity contribution in [3.63, 3.8) is 0 Å². The smallest absolute Gasteiger partial charge is 0.0899 e. The summed E-state index contributed by atoms with van der Waals surface area (Å²) in [6.45, 7) is 8.66. The molecular formula is C16H26O. The van der Waals surface area contributed by atoms with Crippen LogP contribution < -0.4 is 0 Å². The van der Waals surface area contributed by atoms with Crippen molar-refractivity contribution >= 4 is 0 Å². The lowest BCUT2D eigenvalue weighted by molar-refractivity contribution is 0.0159. The Labute approximate surface area is 106 Å². The van der Waals surface area contributed by atoms with Crippen LogP contribution in [0.25, 0.3) is 0 Å². The van der Waals surface area contributed by atoms with Gasteiger partial charge in [0, 0.05) is 0 Å². The minimum Gasteiger partial charge on any atom is -0.385 e. The summed E-state index contributed by atoms with van der Waals surface area (Å²) in [5, 5.41) is 10.9. The Balaban J connectivity index is 3.17. The molecule has 0 saturated carbocycles. The number of hydrogen-bond donors (Lipinski definition) is 1. The Morgan fingerprint density at radius 3 is 2.06 bits per heavy atom. The molecule has 1 rings (SSSR count). The highest BCUT2D eigenvalue weighted by Crippen LogP contribution is 2.36. The highest BCUT2D eigenvalue weighted by atomic mass is 16.3. The van der Waals surface area contributed by atoms with Gasteiger partial charge in [-0.3, -0.25) is 0 Å². The second kappa shape index (κ2) is 6.20. The Kier molecular flexibility index (Phi) is 5.20. The van der Waals surface area contributed by atoms with Gasteiger partial charge in [0.1, 0.15) is 0 Å². The maximum atomic E-state index is 10.9. The molecule has 0 fully saturated rings. The molecule has 0 spiro atoms. The van der Waals surface area contributed by atoms with E-state index in [0.29, 0.717) is 5.92 Å². The third-order valence-electron chi connectivity index (χ3n) is 3.41. The van der Waals surface area contributed by atoms with Gasteiger partial charge in [0.2, 0.25) is 0 Å². The molecule has 0 aromatic heterocycles. The van der Waals surface area contributed by atoms with Gasteiger partial charge in [-0.25, -0.2) is 0 Å². The molecule has 1 nitrogen and oxygen atoms in total. The van der Waals surface area contributed by atoms with Gasteiger partial charge < -0.3 is 5.11 Å². The summed E-state index contributed by atoms with van der Waals surface area (Å²) in [4.78, 5) is 0. The molecule has 1 aromatic carbocycles. The van der Waals surface area contributed by atoms with E-state index in [2.05, 4.69) is 45.9 Å². The van der Waals surface area contributed by atoms with E-state index in [1.54, 1.807) is 0 Å². The first-order valence-corrected chi connectivity index (χ1v) is 6.87. The normalized spacial score (nSPS) is 12.1. The van der Waals surface area contributed by atoms with E-state index < -0.39 is 5.60 Å². The van der Waals surface area contributed by atoms with Gasteiger partial charge in [0.25, 0.3) is 0 Å². The largest absolute Gasteiger partial charge is 0.385 e. The molecule has 0 atom stereocenters. The van der Waals surface area contributed by atoms with E-state index in [9.17, 15) is 5.11 Å². The van der Waals surface area contributed by atoms with Crippen LogP contribution in [0.2, 0.25) is 0 Å². The molecule has 1 aromatic rings. The van der Waals surface area contributed by atoms with Gasteiger partial charge in [0.05, 0.1) is 5.60 Å². The molecule has 17 heavy (non-hydrogen) atoms. The zero-order valence-electron chi connectivity index (χ0n) is 11.7. The van der Waals surface area contributed by atoms with Crippen LogP contribution in [-0.4, -0.2) is 5.11 Å². The maximum absolute atomic E-state index is 10.9. The summed E-state index contributed by atoms with van der Waals surface area (Å²) >= 11 is 0. The summed E-state index contributed by atoms with van der Waals surface area (Å²) < 4.78 is 0. The molecule has 0 bridgehead atoms. The second-order valence-electron chi connectivity index (χ2n) is 5.27. The summed E-state index contributed by atoms with van der Waals surface area (Å²) in [6, 6.07) is 8.35. The fourth-order valence-electron chi connectivity index (χ4n) is 2.65. The minimum absolute atomic E-state index is 0.464. The van der Waals surface area contributed by atoms with Crippen LogP contribution in [0.5, 0.6) is 0 Å². The lowest BCUT2D eigenvalue weighted by atomic mass is 9.80. The zero-order valence-corrected chi connectivity index (χ0v) is 11.7. The molecule has 1 N–H and O–H groups in total. The monoisotopic (exact) mass is 234 g/mol. The molecule has 96 valence electrons. The van der Waals surface area contributed by atoms with E-state index in [1.165, 1.54) is 5.56 Å². The minimum atomic E-state index is -0.635. The number of hydrogen-bond acceptors (Lipinski definition) is 1. The standard InChI is InChI=1S/C16H26O/c1-5-11-16(17,12-6-2)15-10-8-7-9-14(15)13(3)4/h7-10,13,17H,5-6,11-12H2,1-4H3. The third kappa shape index (κ3) is 3.32. The lowest BCUT2D eigenvalue weighted by Gasteiger charge is -2.31. The van der Waals surface area contributed by atoms with Crippen molar-refractivity contribution in [1.29, 1.82) is 0 Å². The molecule has 1 heteroatoms. The predicted molar refractivity (Wildman–Crippen MR) is 74.2 cm³/mol. The summed E-state index contributed by atoms with van der Waals surface area (Å²) in [5.74, 6) is 0.464. The fourth-order valence-corrected chi connectivity index (χ4v) is 2.65. The molecular weight excluding hydrogens is 208 g/mol. The van der Waals surface area contributed by atoms with Gasteiger partial charge >= 0.3 is 0 Å². The number of benzene rings is 1. The fraction of sp³-hybridized carbons (Fsp3) is 0.625. The highest BCUT2D eigenvalue weighted by molar-refractivity contribution is 5.34. The van der Waals surface area contributed by atoms with E-state index in [-0.39, 0.29) is 0 Å². The number of rotatable bonds is 6. The SMILES string of the molecule is CCCC(O)(CCC)c1ccccc1C(C)C. The molecule has 0 saturated heterocycles. The van der Waals surface area contributed by atoms with Crippen molar-refractivity contribution < 1.29 is 5.11 Å². The van der Waals surface area contributed by atoms with Crippen molar-refractivity contribution in [3.05, 3.63) is 35.4 Å². The maximum Gasteiger partial charge on any atom is 0.0899 e. The summed E-state index contributed by atoms with van der Waals surface area (Å²) in [6.07, 6.45) is 3.74. The van der Waals surface area contributed by atoms with Gasteiger partial charge in [-0.2, -0.15) is 0 Å². The number of aliphatic hydroxyl groups is 1. The molecule has 0 aliphatic heterocycles. The molecule has 0 aliphatic rings. The van der Waals surface area contributed by atoms with Crippen LogP contribution in [0.15, 0.2) is 24.3 Å². The van der Waals surface area contributed by atoms with Gasteiger partial charge in [-0.05, 0) is 29.9 Å². The quantitative estimate of drug-likeness (QED) is 0.762. The van der Waals surface area contributed by atoms with Crippen LogP contribution in [0, 0.1) is 0 Å². The van der Waals surface area contributed by atoms with Crippen LogP contribution in [0.3, 0.4) is 0 Å².